The van der Waals surface area contributed by atoms with Crippen LogP contribution in [0.25, 0.3) is 44.6 Å². The van der Waals surface area contributed by atoms with Crippen LogP contribution in [0, 0.1) is 5.82 Å². The van der Waals surface area contributed by atoms with Crippen molar-refractivity contribution >= 4 is 65.2 Å². The molecular weight excluding hydrogens is 1370 g/mol. The van der Waals surface area contributed by atoms with Gasteiger partial charge in [-0.1, -0.05) is 30.3 Å². The van der Waals surface area contributed by atoms with Crippen LogP contribution in [0.4, 0.5) is 35.8 Å². The quantitative estimate of drug-likeness (QED) is 0.0298. The third kappa shape index (κ3) is 15.5. The Morgan fingerprint density at radius 2 is 1.23 bits per heavy atom. The van der Waals surface area contributed by atoms with Gasteiger partial charge in [0.2, 0.25) is 11.8 Å². The van der Waals surface area contributed by atoms with Gasteiger partial charge < -0.3 is 40.1 Å². The molecule has 0 radical (unpaired) electrons. The number of benzene rings is 3. The lowest BCUT2D eigenvalue weighted by Gasteiger charge is -2.23. The Labute approximate surface area is 590 Å². The van der Waals surface area contributed by atoms with Crippen molar-refractivity contribution in [1.82, 2.24) is 73.2 Å². The fourth-order valence-electron chi connectivity index (χ4n) is 13.5. The van der Waals surface area contributed by atoms with E-state index in [-0.39, 0.29) is 52.0 Å². The standard InChI is InChI=1S/C69H79FN18O11S3/c1-9-87-46(41-84(4)5)34-62(78-87)101(94,95)81-68(90)75-65-49(43-24-27-72-59(33-43)98-7)23-22-47-45(19-21-52(47)65)40-85(6)30-32-88-58(37-63(79-88)102(96,97)82-69(91)76-66-51-17-11-16-50(51)57(70)35-54(66)44-14-12-26-71-38-44)56-39-73-60(99-8)36-55(56)53-20-18-42-13-10-15-48(42)64(53)74-67(89)80-100(92,93)61-25-28-86(77-61)31-29-83(2)3/h12,14,18,20,22-28,33-39,45H,9-11,13,15-17,19,21,29-32,40-41H2,1-8H3,(H2,74,80,89)(H2,75,81,90)(H2,76,82,91). The van der Waals surface area contributed by atoms with Gasteiger partial charge in [-0.25, -0.2) is 42.9 Å². The van der Waals surface area contributed by atoms with Crippen LogP contribution in [0.2, 0.25) is 0 Å². The number of fused-ring (bicyclic) bond motifs is 3. The summed E-state index contributed by atoms with van der Waals surface area (Å²) in [7, 11) is -1.59. The van der Waals surface area contributed by atoms with Gasteiger partial charge in [-0.05, 0) is 163 Å². The number of ether oxygens (including phenoxy) is 2. The van der Waals surface area contributed by atoms with Gasteiger partial charge in [0.25, 0.3) is 30.1 Å². The summed E-state index contributed by atoms with van der Waals surface area (Å²) in [5.74, 6) is -0.158. The Kier molecular flexibility index (Phi) is 20.9. The van der Waals surface area contributed by atoms with E-state index in [1.165, 1.54) is 66.4 Å². The number of carbonyl (C=O) groups is 3. The number of carbonyl (C=O) groups excluding carboxylic acids is 3. The summed E-state index contributed by atoms with van der Waals surface area (Å²) >= 11 is 0. The predicted octanol–water partition coefficient (Wildman–Crippen LogP) is 8.10. The number of nitrogens with zero attached hydrogens (tertiary/aromatic N) is 12. The highest BCUT2D eigenvalue weighted by molar-refractivity contribution is 7.90. The van der Waals surface area contributed by atoms with Crippen molar-refractivity contribution < 1.29 is 53.5 Å². The molecule has 6 N–H and O–H groups in total. The fraction of sp³-hybridized carbons (Fsp3) is 0.348. The highest BCUT2D eigenvalue weighted by atomic mass is 32.2. The van der Waals surface area contributed by atoms with Crippen molar-refractivity contribution in [2.75, 3.05) is 85.0 Å². The smallest absolute Gasteiger partial charge is 0.333 e. The van der Waals surface area contributed by atoms with Gasteiger partial charge in [0.1, 0.15) is 5.82 Å². The predicted molar refractivity (Wildman–Crippen MR) is 380 cm³/mol. The Bertz CT molecular complexity index is 5070. The van der Waals surface area contributed by atoms with Gasteiger partial charge >= 0.3 is 18.1 Å². The zero-order chi connectivity index (χ0) is 72.4. The van der Waals surface area contributed by atoms with E-state index < -0.39 is 59.0 Å². The average Bonchev–Trinajstić information content (AvgIpc) is 1.48. The van der Waals surface area contributed by atoms with Crippen LogP contribution in [0.3, 0.4) is 0 Å². The lowest BCUT2D eigenvalue weighted by atomic mass is 9.94. The second kappa shape index (κ2) is 29.8. The van der Waals surface area contributed by atoms with E-state index in [1.807, 2.05) is 75.1 Å². The van der Waals surface area contributed by atoms with Crippen LogP contribution in [-0.2, 0) is 88.4 Å². The van der Waals surface area contributed by atoms with Crippen molar-refractivity contribution in [3.05, 3.63) is 155 Å². The van der Waals surface area contributed by atoms with Gasteiger partial charge in [0.05, 0.1) is 55.8 Å². The van der Waals surface area contributed by atoms with Crippen molar-refractivity contribution in [3.8, 4) is 56.4 Å². The summed E-state index contributed by atoms with van der Waals surface area (Å²) in [5, 5.41) is 20.5. The maximum absolute atomic E-state index is 15.7. The summed E-state index contributed by atoms with van der Waals surface area (Å²) in [5.41, 5.74) is 9.10. The maximum atomic E-state index is 15.7. The molecule has 6 heterocycles. The number of aromatic nitrogens is 9. The molecule has 0 spiro atoms. The number of amides is 6. The summed E-state index contributed by atoms with van der Waals surface area (Å²) in [6.07, 6.45) is 12.1. The number of sulfonamides is 3. The number of nitrogens with one attached hydrogen (secondary N) is 6. The van der Waals surface area contributed by atoms with Gasteiger partial charge in [0.15, 0.2) is 15.1 Å². The second-order valence-electron chi connectivity index (χ2n) is 25.7. The molecule has 3 aromatic carbocycles. The summed E-state index contributed by atoms with van der Waals surface area (Å²) in [4.78, 5) is 61.4. The van der Waals surface area contributed by atoms with Crippen molar-refractivity contribution in [1.29, 1.82) is 0 Å². The summed E-state index contributed by atoms with van der Waals surface area (Å²) in [6, 6.07) is 18.1. The first-order chi connectivity index (χ1) is 48.8. The topological polar surface area (TPSA) is 346 Å². The lowest BCUT2D eigenvalue weighted by molar-refractivity contribution is 0.255. The second-order valence-corrected chi connectivity index (χ2v) is 30.6. The molecule has 33 heteroatoms. The van der Waals surface area contributed by atoms with Crippen LogP contribution in [-0.4, -0.2) is 171 Å². The number of methoxy groups -OCH3 is 2. The van der Waals surface area contributed by atoms with Crippen molar-refractivity contribution in [3.63, 3.8) is 0 Å². The number of pyridine rings is 3. The molecule has 0 saturated heterocycles. The van der Waals surface area contributed by atoms with E-state index in [4.69, 9.17) is 14.6 Å². The summed E-state index contributed by atoms with van der Waals surface area (Å²) in [6.45, 7) is 4.31. The van der Waals surface area contributed by atoms with Gasteiger partial charge in [-0.2, -0.15) is 40.5 Å². The third-order valence-corrected chi connectivity index (χ3v) is 21.9. The molecule has 536 valence electrons. The summed E-state index contributed by atoms with van der Waals surface area (Å²) < 4.78 is 123. The molecule has 0 aliphatic heterocycles. The molecule has 1 unspecified atom stereocenters. The van der Waals surface area contributed by atoms with Gasteiger partial charge in [0, 0.05) is 121 Å². The minimum atomic E-state index is -4.87. The molecule has 1 atom stereocenters. The number of hydrogen-bond acceptors (Lipinski definition) is 20. The van der Waals surface area contributed by atoms with Gasteiger partial charge in [-0.15, -0.1) is 0 Å². The van der Waals surface area contributed by atoms with Crippen molar-refractivity contribution in [2.24, 2.45) is 0 Å². The van der Waals surface area contributed by atoms with Gasteiger partial charge in [-0.3, -0.25) is 19.0 Å². The zero-order valence-corrected chi connectivity index (χ0v) is 60.0. The van der Waals surface area contributed by atoms with Crippen LogP contribution < -0.4 is 39.6 Å². The number of halogens is 1. The molecule has 0 bridgehead atoms. The van der Waals surface area contributed by atoms with Crippen molar-refractivity contribution in [2.45, 2.75) is 105 Å². The fourth-order valence-corrected chi connectivity index (χ4v) is 16.1. The lowest BCUT2D eigenvalue weighted by Crippen LogP contribution is -2.35. The maximum Gasteiger partial charge on any atom is 0.333 e. The highest BCUT2D eigenvalue weighted by Crippen LogP contribution is 2.46. The Hall–Kier alpha value is -10.2. The Morgan fingerprint density at radius 1 is 0.578 bits per heavy atom. The molecule has 3 aliphatic rings. The number of hydrogen-bond donors (Lipinski definition) is 6. The van der Waals surface area contributed by atoms with Crippen LogP contribution in [0.5, 0.6) is 11.8 Å². The first-order valence-corrected chi connectivity index (χ1v) is 37.5. The van der Waals surface area contributed by atoms with E-state index in [9.17, 15) is 39.6 Å². The van der Waals surface area contributed by atoms with Crippen LogP contribution in [0.1, 0.15) is 71.2 Å². The monoisotopic (exact) mass is 1450 g/mol. The normalized spacial score (nSPS) is 14.2. The number of anilines is 3. The molecule has 12 rings (SSSR count). The van der Waals surface area contributed by atoms with E-state index in [0.29, 0.717) is 145 Å². The minimum absolute atomic E-state index is 0.0205. The van der Waals surface area contributed by atoms with E-state index >= 15 is 4.39 Å². The largest absolute Gasteiger partial charge is 0.481 e. The molecular formula is C69H79FN18O11S3. The zero-order valence-electron chi connectivity index (χ0n) is 57.5. The third-order valence-electron chi connectivity index (χ3n) is 18.3. The molecule has 3 aliphatic carbocycles. The molecule has 102 heavy (non-hydrogen) atoms. The number of likely N-dealkylation sites (N-methyl/N-ethyl adjacent to an activating group) is 2. The SMILES string of the molecule is CCn1nc(S(=O)(=O)NC(=O)Nc2c(-c3ccnc(OC)c3)ccc3c2CCC3CN(C)CCn2nc(S(=O)(=O)NC(=O)Nc3c(-c4cccnc4)cc(F)c4c3CCC4)cc2-c2cnc(OC)cc2-c2ccc3c(c2NC(=O)NS(=O)(=O)c2ccn(CCN(C)C)n2)CCC3)cc1CN(C)C. The first kappa shape index (κ1) is 71.6. The Balaban J connectivity index is 0.872. The molecule has 0 fully saturated rings. The molecule has 0 saturated carbocycles. The van der Waals surface area contributed by atoms with E-state index in [2.05, 4.69) is 55.3 Å². The van der Waals surface area contributed by atoms with Crippen LogP contribution >= 0.6 is 0 Å². The Morgan fingerprint density at radius 3 is 1.91 bits per heavy atom. The molecule has 29 nitrogen and oxygen atoms in total. The highest BCUT2D eigenvalue weighted by Gasteiger charge is 2.34. The number of urea groups is 3. The first-order valence-electron chi connectivity index (χ1n) is 33.1. The van der Waals surface area contributed by atoms with E-state index in [1.54, 1.807) is 53.5 Å². The average molecular weight is 1450 g/mol. The van der Waals surface area contributed by atoms with E-state index in [0.717, 1.165) is 28.7 Å². The molecule has 9 aromatic rings. The number of aryl methyl sites for hydroxylation is 2. The molecule has 6 aromatic heterocycles. The number of rotatable bonds is 26. The molecule has 6 amide bonds. The minimum Gasteiger partial charge on any atom is -0.481 e. The van der Waals surface area contributed by atoms with Crippen LogP contribution in [0.15, 0.2) is 125 Å².